The molecule has 2 heterocycles. The minimum Gasteiger partial charge on any atom is -0.475 e. The van der Waals surface area contributed by atoms with Crippen LogP contribution < -0.4 is 5.32 Å². The second-order valence-electron chi connectivity index (χ2n) is 10.3. The van der Waals surface area contributed by atoms with Gasteiger partial charge in [0.05, 0.1) is 6.54 Å². The Balaban J connectivity index is 0.000000349. The van der Waals surface area contributed by atoms with Crippen molar-refractivity contribution in [3.05, 3.63) is 35.4 Å². The summed E-state index contributed by atoms with van der Waals surface area (Å²) < 4.78 is 69.0. The van der Waals surface area contributed by atoms with Crippen molar-refractivity contribution in [3.8, 4) is 0 Å². The topological polar surface area (TPSA) is 119 Å². The monoisotopic (exact) mass is 599 g/mol. The summed E-state index contributed by atoms with van der Waals surface area (Å²) in [7, 11) is 3.68. The number of nitrogens with one attached hydrogen (secondary N) is 1. The molecule has 1 atom stereocenters. The molecule has 232 valence electrons. The van der Waals surface area contributed by atoms with Crippen LogP contribution in [0.1, 0.15) is 49.3 Å². The van der Waals surface area contributed by atoms with Gasteiger partial charge in [0.15, 0.2) is 0 Å². The van der Waals surface area contributed by atoms with E-state index < -0.39 is 24.3 Å². The molecule has 0 bridgehead atoms. The fraction of sp³-hybridized carbons (Fsp3) is 0.654. The third-order valence-electron chi connectivity index (χ3n) is 7.32. The molecule has 41 heavy (non-hydrogen) atoms. The van der Waals surface area contributed by atoms with E-state index in [0.29, 0.717) is 18.6 Å². The lowest BCUT2D eigenvalue weighted by Gasteiger charge is -2.40. The van der Waals surface area contributed by atoms with Crippen LogP contribution in [0.15, 0.2) is 24.3 Å². The van der Waals surface area contributed by atoms with Crippen LogP contribution >= 0.6 is 0 Å². The number of amides is 1. The summed E-state index contributed by atoms with van der Waals surface area (Å²) >= 11 is 0. The van der Waals surface area contributed by atoms with Crippen LogP contribution in [0.3, 0.4) is 0 Å². The number of hydrogen-bond acceptors (Lipinski definition) is 6. The highest BCUT2D eigenvalue weighted by atomic mass is 19.4. The van der Waals surface area contributed by atoms with Crippen LogP contribution in [0, 0.1) is 0 Å². The van der Waals surface area contributed by atoms with Gasteiger partial charge in [0.1, 0.15) is 0 Å². The van der Waals surface area contributed by atoms with Crippen molar-refractivity contribution in [3.63, 3.8) is 0 Å². The number of carboxylic acids is 2. The van der Waals surface area contributed by atoms with Crippen LogP contribution in [-0.4, -0.2) is 103 Å². The van der Waals surface area contributed by atoms with E-state index in [1.807, 2.05) is 14.1 Å². The van der Waals surface area contributed by atoms with Crippen molar-refractivity contribution in [2.24, 2.45) is 0 Å². The number of hydrogen-bond donors (Lipinski definition) is 3. The van der Waals surface area contributed by atoms with Gasteiger partial charge in [0.25, 0.3) is 0 Å². The lowest BCUT2D eigenvalue weighted by atomic mass is 9.73. The number of nitrogens with zero attached hydrogens (tertiary/aromatic N) is 2. The molecule has 0 radical (unpaired) electrons. The predicted molar refractivity (Wildman–Crippen MR) is 134 cm³/mol. The molecule has 0 aromatic heterocycles. The Kier molecular flexibility index (Phi) is 12.0. The van der Waals surface area contributed by atoms with Gasteiger partial charge in [0.2, 0.25) is 5.91 Å². The highest BCUT2D eigenvalue weighted by Crippen LogP contribution is 2.51. The van der Waals surface area contributed by atoms with Crippen LogP contribution in [0.4, 0.5) is 26.3 Å². The molecule has 9 nitrogen and oxygen atoms in total. The average Bonchev–Trinajstić information content (AvgIpc) is 3.18. The zero-order valence-corrected chi connectivity index (χ0v) is 22.7. The van der Waals surface area contributed by atoms with Crippen LogP contribution in [-0.2, 0) is 24.5 Å². The van der Waals surface area contributed by atoms with E-state index in [0.717, 1.165) is 52.0 Å². The molecule has 1 unspecified atom stereocenters. The lowest BCUT2D eigenvalue weighted by molar-refractivity contribution is -0.193. The lowest BCUT2D eigenvalue weighted by Crippen LogP contribution is -2.46. The first kappa shape index (κ1) is 34.3. The van der Waals surface area contributed by atoms with Gasteiger partial charge in [0, 0.05) is 39.4 Å². The van der Waals surface area contributed by atoms with Crippen molar-refractivity contribution in [1.82, 2.24) is 15.1 Å². The summed E-state index contributed by atoms with van der Waals surface area (Å²) in [5, 5.41) is 18.2. The molecule has 15 heteroatoms. The van der Waals surface area contributed by atoms with Gasteiger partial charge in [-0.25, -0.2) is 9.59 Å². The molecule has 3 N–H and O–H groups in total. The highest BCUT2D eigenvalue weighted by molar-refractivity contribution is 5.77. The van der Waals surface area contributed by atoms with E-state index in [4.69, 9.17) is 24.5 Å². The number of alkyl halides is 6. The predicted octanol–water partition coefficient (Wildman–Crippen LogP) is 3.59. The fourth-order valence-corrected chi connectivity index (χ4v) is 5.14. The van der Waals surface area contributed by atoms with Gasteiger partial charge in [-0.05, 0) is 61.7 Å². The zero-order chi connectivity index (χ0) is 31.0. The molecule has 2 aliphatic heterocycles. The number of likely N-dealkylation sites (N-methyl/N-ethyl adjacent to an activating group) is 1. The van der Waals surface area contributed by atoms with E-state index in [-0.39, 0.29) is 11.3 Å². The van der Waals surface area contributed by atoms with E-state index in [1.165, 1.54) is 12.0 Å². The molecule has 2 fully saturated rings. The van der Waals surface area contributed by atoms with Crippen molar-refractivity contribution < 1.29 is 55.7 Å². The number of ether oxygens (including phenoxy) is 1. The second kappa shape index (κ2) is 14.3. The number of halogens is 6. The molecule has 1 spiro atoms. The number of carboxylic acid groups (broad SMARTS) is 2. The SMILES string of the molecule is CN(C)C(=O)CN1CCC2(CC1)CC(NC1CCOCC1)c1ccccc12.O=C(O)C(F)(F)F.O=C(O)C(F)(F)F. The molecule has 0 saturated carbocycles. The summed E-state index contributed by atoms with van der Waals surface area (Å²) in [6.45, 7) is 4.34. The first-order valence-electron chi connectivity index (χ1n) is 12.9. The summed E-state index contributed by atoms with van der Waals surface area (Å²) in [6, 6.07) is 10.1. The first-order valence-corrected chi connectivity index (χ1v) is 12.9. The van der Waals surface area contributed by atoms with Crippen molar-refractivity contribution >= 4 is 17.8 Å². The summed E-state index contributed by atoms with van der Waals surface area (Å²) in [6.07, 6.45) is -4.44. The Morgan fingerprint density at radius 2 is 1.46 bits per heavy atom. The maximum Gasteiger partial charge on any atom is 0.490 e. The van der Waals surface area contributed by atoms with Crippen LogP contribution in [0.2, 0.25) is 0 Å². The van der Waals surface area contributed by atoms with Crippen molar-refractivity contribution in [2.75, 3.05) is 46.9 Å². The maximum absolute atomic E-state index is 12.1. The van der Waals surface area contributed by atoms with Crippen molar-refractivity contribution in [2.45, 2.75) is 62.0 Å². The largest absolute Gasteiger partial charge is 0.490 e. The summed E-state index contributed by atoms with van der Waals surface area (Å²) in [5.74, 6) is -5.31. The molecule has 3 aliphatic rings. The Labute approximate surface area is 233 Å². The standard InChI is InChI=1S/C22H33N3O2.2C2HF3O2/c1-24(2)21(26)16-25-11-9-22(10-12-25)15-20(18-5-3-4-6-19(18)22)23-17-7-13-27-14-8-17;2*3-2(4,5)1(6)7/h3-6,17,20,23H,7-16H2,1-2H3;2*(H,6,7). The Hall–Kier alpha value is -2.91. The van der Waals surface area contributed by atoms with Gasteiger partial charge in [-0.2, -0.15) is 26.3 Å². The molecule has 1 aromatic rings. The number of carbonyl (C=O) groups excluding carboxylic acids is 1. The number of fused-ring (bicyclic) bond motifs is 2. The molecule has 1 amide bonds. The average molecular weight is 600 g/mol. The third-order valence-corrected chi connectivity index (χ3v) is 7.32. The van der Waals surface area contributed by atoms with Gasteiger partial charge in [-0.15, -0.1) is 0 Å². The quantitative estimate of drug-likeness (QED) is 0.450. The van der Waals surface area contributed by atoms with Gasteiger partial charge >= 0.3 is 24.3 Å². The summed E-state index contributed by atoms with van der Waals surface area (Å²) in [5.41, 5.74) is 3.33. The van der Waals surface area contributed by atoms with Gasteiger partial charge < -0.3 is 25.2 Å². The minimum atomic E-state index is -5.08. The number of likely N-dealkylation sites (tertiary alicyclic amines) is 1. The van der Waals surface area contributed by atoms with Crippen LogP contribution in [0.25, 0.3) is 0 Å². The van der Waals surface area contributed by atoms with Gasteiger partial charge in [-0.1, -0.05) is 24.3 Å². The van der Waals surface area contributed by atoms with Crippen LogP contribution in [0.5, 0.6) is 0 Å². The number of rotatable bonds is 4. The minimum absolute atomic E-state index is 0.205. The van der Waals surface area contributed by atoms with E-state index in [2.05, 4.69) is 34.5 Å². The normalized spacial score (nSPS) is 20.6. The molecule has 2 saturated heterocycles. The van der Waals surface area contributed by atoms with E-state index in [1.54, 1.807) is 10.5 Å². The Bertz CT molecular complexity index is 1010. The Morgan fingerprint density at radius 1 is 0.976 bits per heavy atom. The Morgan fingerprint density at radius 3 is 1.93 bits per heavy atom. The number of piperidine rings is 1. The van der Waals surface area contributed by atoms with E-state index >= 15 is 0 Å². The van der Waals surface area contributed by atoms with Crippen molar-refractivity contribution in [1.29, 1.82) is 0 Å². The molecular weight excluding hydrogens is 564 g/mol. The van der Waals surface area contributed by atoms with Gasteiger partial charge in [-0.3, -0.25) is 9.69 Å². The number of carbonyl (C=O) groups is 3. The second-order valence-corrected chi connectivity index (χ2v) is 10.3. The first-order chi connectivity index (χ1) is 19.0. The highest BCUT2D eigenvalue weighted by Gasteiger charge is 2.46. The molecule has 1 aliphatic carbocycles. The zero-order valence-electron chi connectivity index (χ0n) is 22.7. The number of aliphatic carboxylic acids is 2. The number of benzene rings is 1. The fourth-order valence-electron chi connectivity index (χ4n) is 5.14. The van der Waals surface area contributed by atoms with E-state index in [9.17, 15) is 31.1 Å². The third kappa shape index (κ3) is 10.1. The molecule has 1 aromatic carbocycles. The summed E-state index contributed by atoms with van der Waals surface area (Å²) in [4.78, 5) is 33.9. The molecular formula is C26H35F6N3O6. The smallest absolute Gasteiger partial charge is 0.475 e. The maximum atomic E-state index is 12.1. The molecule has 4 rings (SSSR count).